The molecule has 0 saturated carbocycles. The van der Waals surface area contributed by atoms with Crippen molar-refractivity contribution in [2.75, 3.05) is 6.61 Å². The Morgan fingerprint density at radius 1 is 1.37 bits per heavy atom. The zero-order valence-corrected chi connectivity index (χ0v) is 11.2. The summed E-state index contributed by atoms with van der Waals surface area (Å²) in [4.78, 5) is 25.0. The average Bonchev–Trinajstić information content (AvgIpc) is 2.40. The number of esters is 1. The first-order valence-electron chi connectivity index (χ1n) is 6.26. The number of amides is 1. The maximum atomic E-state index is 11.8. The van der Waals surface area contributed by atoms with Crippen molar-refractivity contribution >= 4 is 11.9 Å². The number of benzene rings is 1. The summed E-state index contributed by atoms with van der Waals surface area (Å²) in [6, 6.07) is 7.23. The molecule has 0 bridgehead atoms. The molecule has 1 heterocycles. The van der Waals surface area contributed by atoms with Gasteiger partial charge in [0.15, 0.2) is 6.04 Å². The second kappa shape index (κ2) is 5.26. The van der Waals surface area contributed by atoms with Crippen molar-refractivity contribution < 1.29 is 14.3 Å². The summed E-state index contributed by atoms with van der Waals surface area (Å²) in [7, 11) is 0. The maximum absolute atomic E-state index is 11.8. The van der Waals surface area contributed by atoms with Gasteiger partial charge in [-0.15, -0.1) is 0 Å². The first kappa shape index (κ1) is 13.3. The van der Waals surface area contributed by atoms with Gasteiger partial charge < -0.3 is 9.64 Å². The molecule has 2 rings (SSSR count). The molecule has 1 atom stereocenters. The third kappa shape index (κ3) is 2.52. The van der Waals surface area contributed by atoms with Crippen LogP contribution in [0.5, 0.6) is 0 Å². The topological polar surface area (TPSA) is 46.6 Å². The van der Waals surface area contributed by atoms with E-state index in [9.17, 15) is 9.59 Å². The highest BCUT2D eigenvalue weighted by molar-refractivity contribution is 6.09. The number of β-lactam (4-membered cyclic amide) rings is 1. The second-order valence-electron chi connectivity index (χ2n) is 4.60. The predicted octanol–water partition coefficient (Wildman–Crippen LogP) is 1.83. The summed E-state index contributed by atoms with van der Waals surface area (Å²) in [6.07, 6.45) is 0. The Labute approximate surface area is 112 Å². The standard InChI is InChI=1S/C15H17NO3/c1-4-19-15(18)13-11(3)14(17)16(13)9-12-7-5-10(2)6-8-12/h5-8,13H,3-4,9H2,1-2H3/t13-/m1/s1. The van der Waals surface area contributed by atoms with E-state index in [1.54, 1.807) is 6.92 Å². The number of ether oxygens (including phenoxy) is 1. The first-order valence-corrected chi connectivity index (χ1v) is 6.26. The molecule has 1 aromatic carbocycles. The fraction of sp³-hybridized carbons (Fsp3) is 0.333. The van der Waals surface area contributed by atoms with Crippen molar-refractivity contribution in [2.24, 2.45) is 0 Å². The molecule has 0 aromatic heterocycles. The predicted molar refractivity (Wildman–Crippen MR) is 71.3 cm³/mol. The van der Waals surface area contributed by atoms with Crippen LogP contribution in [0.15, 0.2) is 36.4 Å². The summed E-state index contributed by atoms with van der Waals surface area (Å²) in [5.74, 6) is -0.585. The highest BCUT2D eigenvalue weighted by atomic mass is 16.5. The van der Waals surface area contributed by atoms with Crippen LogP contribution in [0.1, 0.15) is 18.1 Å². The summed E-state index contributed by atoms with van der Waals surface area (Å²) in [5.41, 5.74) is 2.45. The van der Waals surface area contributed by atoms with E-state index in [-0.39, 0.29) is 5.91 Å². The summed E-state index contributed by atoms with van der Waals surface area (Å²) >= 11 is 0. The normalized spacial score (nSPS) is 18.2. The van der Waals surface area contributed by atoms with Crippen molar-refractivity contribution in [1.29, 1.82) is 0 Å². The van der Waals surface area contributed by atoms with Gasteiger partial charge >= 0.3 is 5.97 Å². The van der Waals surface area contributed by atoms with E-state index >= 15 is 0 Å². The van der Waals surface area contributed by atoms with Crippen molar-refractivity contribution in [3.8, 4) is 0 Å². The summed E-state index contributed by atoms with van der Waals surface area (Å²) in [5, 5.41) is 0. The van der Waals surface area contributed by atoms with Crippen LogP contribution in [0, 0.1) is 6.92 Å². The molecule has 0 spiro atoms. The molecular weight excluding hydrogens is 242 g/mol. The molecule has 1 amide bonds. The Morgan fingerprint density at radius 3 is 2.58 bits per heavy atom. The molecule has 0 radical (unpaired) electrons. The molecule has 1 saturated heterocycles. The Balaban J connectivity index is 2.10. The lowest BCUT2D eigenvalue weighted by atomic mass is 9.95. The average molecular weight is 259 g/mol. The minimum Gasteiger partial charge on any atom is -0.464 e. The number of nitrogens with zero attached hydrogens (tertiary/aromatic N) is 1. The Bertz CT molecular complexity index is 519. The van der Waals surface area contributed by atoms with Crippen molar-refractivity contribution in [2.45, 2.75) is 26.4 Å². The van der Waals surface area contributed by atoms with Gasteiger partial charge in [-0.1, -0.05) is 36.4 Å². The van der Waals surface area contributed by atoms with Crippen molar-refractivity contribution in [3.05, 3.63) is 47.5 Å². The van der Waals surface area contributed by atoms with E-state index in [4.69, 9.17) is 4.74 Å². The van der Waals surface area contributed by atoms with Crippen molar-refractivity contribution in [3.63, 3.8) is 0 Å². The van der Waals surface area contributed by atoms with Crippen LogP contribution >= 0.6 is 0 Å². The number of rotatable bonds is 4. The Morgan fingerprint density at radius 2 is 2.00 bits per heavy atom. The highest BCUT2D eigenvalue weighted by Crippen LogP contribution is 2.27. The summed E-state index contributed by atoms with van der Waals surface area (Å²) in [6.45, 7) is 8.09. The number of carbonyl (C=O) groups is 2. The van der Waals surface area contributed by atoms with Gasteiger partial charge in [0, 0.05) is 12.1 Å². The highest BCUT2D eigenvalue weighted by Gasteiger charge is 2.46. The first-order chi connectivity index (χ1) is 9.04. The lowest BCUT2D eigenvalue weighted by Gasteiger charge is -2.40. The van der Waals surface area contributed by atoms with Gasteiger partial charge in [-0.2, -0.15) is 0 Å². The van der Waals surface area contributed by atoms with E-state index in [2.05, 4.69) is 6.58 Å². The molecule has 1 fully saturated rings. The monoisotopic (exact) mass is 259 g/mol. The van der Waals surface area contributed by atoms with Crippen LogP contribution in [0.3, 0.4) is 0 Å². The van der Waals surface area contributed by atoms with Crippen LogP contribution < -0.4 is 0 Å². The van der Waals surface area contributed by atoms with E-state index < -0.39 is 12.0 Å². The van der Waals surface area contributed by atoms with E-state index in [0.29, 0.717) is 18.7 Å². The molecule has 0 aliphatic carbocycles. The fourth-order valence-electron chi connectivity index (χ4n) is 2.08. The van der Waals surface area contributed by atoms with Crippen molar-refractivity contribution in [1.82, 2.24) is 4.90 Å². The molecule has 1 aliphatic heterocycles. The Kier molecular flexibility index (Phi) is 3.69. The molecular formula is C15H17NO3. The minimum atomic E-state index is -0.631. The second-order valence-corrected chi connectivity index (χ2v) is 4.60. The number of hydrogen-bond acceptors (Lipinski definition) is 3. The van der Waals surface area contributed by atoms with Gasteiger partial charge in [-0.05, 0) is 19.4 Å². The number of hydrogen-bond donors (Lipinski definition) is 0. The molecule has 100 valence electrons. The van der Waals surface area contributed by atoms with Crippen LogP contribution in [0.25, 0.3) is 0 Å². The SMILES string of the molecule is C=C1C(=O)N(Cc2ccc(C)cc2)[C@H]1C(=O)OCC. The van der Waals surface area contributed by atoms with Gasteiger partial charge in [0.1, 0.15) is 0 Å². The van der Waals surface area contributed by atoms with E-state index in [1.165, 1.54) is 4.90 Å². The summed E-state index contributed by atoms with van der Waals surface area (Å²) < 4.78 is 4.96. The van der Waals surface area contributed by atoms with Gasteiger partial charge in [-0.3, -0.25) is 4.79 Å². The van der Waals surface area contributed by atoms with E-state index in [1.807, 2.05) is 31.2 Å². The van der Waals surface area contributed by atoms with Gasteiger partial charge in [0.25, 0.3) is 5.91 Å². The lowest BCUT2D eigenvalue weighted by molar-refractivity contribution is -0.159. The van der Waals surface area contributed by atoms with Crippen LogP contribution in [0.4, 0.5) is 0 Å². The number of aryl methyl sites for hydroxylation is 1. The maximum Gasteiger partial charge on any atom is 0.333 e. The molecule has 1 aliphatic rings. The molecule has 19 heavy (non-hydrogen) atoms. The number of carbonyl (C=O) groups excluding carboxylic acids is 2. The molecule has 1 aromatic rings. The van der Waals surface area contributed by atoms with Gasteiger partial charge in [-0.25, -0.2) is 4.79 Å². The van der Waals surface area contributed by atoms with Crippen LogP contribution in [-0.4, -0.2) is 29.4 Å². The minimum absolute atomic E-state index is 0.182. The third-order valence-corrected chi connectivity index (χ3v) is 3.16. The molecule has 0 N–H and O–H groups in total. The lowest BCUT2D eigenvalue weighted by Crippen LogP contribution is -2.58. The quantitative estimate of drug-likeness (QED) is 0.471. The van der Waals surface area contributed by atoms with Gasteiger partial charge in [0.05, 0.1) is 6.61 Å². The van der Waals surface area contributed by atoms with Crippen LogP contribution in [-0.2, 0) is 20.9 Å². The van der Waals surface area contributed by atoms with Crippen LogP contribution in [0.2, 0.25) is 0 Å². The smallest absolute Gasteiger partial charge is 0.333 e. The number of likely N-dealkylation sites (tertiary alicyclic amines) is 1. The molecule has 0 unspecified atom stereocenters. The fourth-order valence-corrected chi connectivity index (χ4v) is 2.08. The van der Waals surface area contributed by atoms with E-state index in [0.717, 1.165) is 11.1 Å². The largest absolute Gasteiger partial charge is 0.464 e. The molecule has 4 nitrogen and oxygen atoms in total. The van der Waals surface area contributed by atoms with Gasteiger partial charge in [0.2, 0.25) is 0 Å². The third-order valence-electron chi connectivity index (χ3n) is 3.16. The Hall–Kier alpha value is -2.10. The zero-order valence-electron chi connectivity index (χ0n) is 11.2. The molecule has 4 heteroatoms. The zero-order chi connectivity index (χ0) is 14.0.